The molecule has 0 aliphatic carbocycles. The Bertz CT molecular complexity index is 640. The largest absolute Gasteiger partial charge is 0.265 e. The van der Waals surface area contributed by atoms with E-state index in [0.717, 1.165) is 21.0 Å². The Balaban J connectivity index is 1.96. The molecular weight excluding hydrogens is 230 g/mol. The molecule has 3 nitrogen and oxygen atoms in total. The molecule has 0 saturated heterocycles. The van der Waals surface area contributed by atoms with Crippen LogP contribution in [0, 0.1) is 0 Å². The van der Waals surface area contributed by atoms with Gasteiger partial charge >= 0.3 is 0 Å². The lowest BCUT2D eigenvalue weighted by atomic mass is 10.2. The van der Waals surface area contributed by atoms with Crippen molar-refractivity contribution in [1.82, 2.24) is 15.0 Å². The first kappa shape index (κ1) is 10.2. The molecule has 3 aromatic rings. The molecule has 4 heteroatoms. The summed E-state index contributed by atoms with van der Waals surface area (Å²) in [5, 5.41) is 1.82. The van der Waals surface area contributed by atoms with E-state index in [1.165, 1.54) is 0 Å². The lowest BCUT2D eigenvalue weighted by Crippen LogP contribution is -1.87. The number of aromatic nitrogens is 3. The van der Waals surface area contributed by atoms with Crippen LogP contribution in [0.4, 0.5) is 0 Å². The van der Waals surface area contributed by atoms with Gasteiger partial charge in [-0.25, -0.2) is 9.97 Å². The summed E-state index contributed by atoms with van der Waals surface area (Å²) in [7, 11) is 0. The standard InChI is InChI=1S/C13H9N3S/c1-2-4-12-10(3-1)9-15-13(16-12)17-11-5-7-14-8-6-11/h1-9H. The van der Waals surface area contributed by atoms with Crippen molar-refractivity contribution >= 4 is 22.7 Å². The van der Waals surface area contributed by atoms with E-state index in [-0.39, 0.29) is 0 Å². The first-order valence-corrected chi connectivity index (χ1v) is 6.03. The van der Waals surface area contributed by atoms with Crippen LogP contribution in [0.1, 0.15) is 0 Å². The summed E-state index contributed by atoms with van der Waals surface area (Å²) >= 11 is 1.54. The van der Waals surface area contributed by atoms with Crippen molar-refractivity contribution in [3.63, 3.8) is 0 Å². The monoisotopic (exact) mass is 239 g/mol. The number of para-hydroxylation sites is 1. The summed E-state index contributed by atoms with van der Waals surface area (Å²) in [6.45, 7) is 0. The normalized spacial score (nSPS) is 10.6. The van der Waals surface area contributed by atoms with Gasteiger partial charge in [-0.15, -0.1) is 0 Å². The molecule has 17 heavy (non-hydrogen) atoms. The molecule has 82 valence electrons. The smallest absolute Gasteiger partial charge is 0.192 e. The third-order valence-electron chi connectivity index (χ3n) is 2.33. The van der Waals surface area contributed by atoms with Crippen LogP contribution in [0.2, 0.25) is 0 Å². The maximum atomic E-state index is 4.50. The number of hydrogen-bond donors (Lipinski definition) is 0. The fourth-order valence-corrected chi connectivity index (χ4v) is 2.23. The molecule has 0 radical (unpaired) electrons. The van der Waals surface area contributed by atoms with Gasteiger partial charge in [0, 0.05) is 28.9 Å². The Morgan fingerprint density at radius 3 is 2.65 bits per heavy atom. The van der Waals surface area contributed by atoms with Crippen LogP contribution in [0.25, 0.3) is 10.9 Å². The molecule has 0 aliphatic rings. The maximum Gasteiger partial charge on any atom is 0.192 e. The van der Waals surface area contributed by atoms with Crippen molar-refractivity contribution in [1.29, 1.82) is 0 Å². The second-order valence-corrected chi connectivity index (χ2v) is 4.54. The fourth-order valence-electron chi connectivity index (χ4n) is 1.52. The highest BCUT2D eigenvalue weighted by Crippen LogP contribution is 2.24. The predicted molar refractivity (Wildman–Crippen MR) is 67.9 cm³/mol. The Morgan fingerprint density at radius 1 is 0.941 bits per heavy atom. The van der Waals surface area contributed by atoms with Crippen LogP contribution >= 0.6 is 11.8 Å². The number of nitrogens with zero attached hydrogens (tertiary/aromatic N) is 3. The summed E-state index contributed by atoms with van der Waals surface area (Å²) < 4.78 is 0. The third kappa shape index (κ3) is 2.26. The molecule has 0 spiro atoms. The van der Waals surface area contributed by atoms with Gasteiger partial charge in [0.1, 0.15) is 0 Å². The van der Waals surface area contributed by atoms with Gasteiger partial charge < -0.3 is 0 Å². The molecular formula is C13H9N3S. The van der Waals surface area contributed by atoms with Crippen LogP contribution in [0.5, 0.6) is 0 Å². The Morgan fingerprint density at radius 2 is 1.76 bits per heavy atom. The van der Waals surface area contributed by atoms with Gasteiger partial charge in [0.25, 0.3) is 0 Å². The molecule has 0 fully saturated rings. The molecule has 2 heterocycles. The quantitative estimate of drug-likeness (QED) is 0.644. The minimum absolute atomic E-state index is 0.759. The van der Waals surface area contributed by atoms with Crippen LogP contribution in [-0.2, 0) is 0 Å². The highest BCUT2D eigenvalue weighted by atomic mass is 32.2. The second-order valence-electron chi connectivity index (χ2n) is 3.50. The fraction of sp³-hybridized carbons (Fsp3) is 0. The van der Waals surface area contributed by atoms with Crippen LogP contribution in [-0.4, -0.2) is 15.0 Å². The number of pyridine rings is 1. The molecule has 0 atom stereocenters. The number of fused-ring (bicyclic) bond motifs is 1. The van der Waals surface area contributed by atoms with Crippen molar-refractivity contribution in [2.75, 3.05) is 0 Å². The first-order valence-electron chi connectivity index (χ1n) is 5.21. The second kappa shape index (κ2) is 4.51. The molecule has 0 N–H and O–H groups in total. The maximum absolute atomic E-state index is 4.50. The predicted octanol–water partition coefficient (Wildman–Crippen LogP) is 3.18. The molecule has 2 aromatic heterocycles. The highest BCUT2D eigenvalue weighted by molar-refractivity contribution is 7.99. The summed E-state index contributed by atoms with van der Waals surface area (Å²) in [6.07, 6.45) is 5.39. The van der Waals surface area contributed by atoms with Crippen LogP contribution < -0.4 is 0 Å². The first-order chi connectivity index (χ1) is 8.42. The molecule has 0 amide bonds. The Labute approximate surface area is 103 Å². The van der Waals surface area contributed by atoms with Crippen molar-refractivity contribution in [2.24, 2.45) is 0 Å². The van der Waals surface area contributed by atoms with E-state index in [9.17, 15) is 0 Å². The minimum Gasteiger partial charge on any atom is -0.265 e. The zero-order chi connectivity index (χ0) is 11.5. The zero-order valence-electron chi connectivity index (χ0n) is 8.95. The molecule has 0 saturated carbocycles. The summed E-state index contributed by atoms with van der Waals surface area (Å²) in [5.41, 5.74) is 0.971. The number of rotatable bonds is 2. The van der Waals surface area contributed by atoms with Gasteiger partial charge in [-0.1, -0.05) is 18.2 Å². The average molecular weight is 239 g/mol. The van der Waals surface area contributed by atoms with E-state index in [1.807, 2.05) is 42.6 Å². The molecule has 0 bridgehead atoms. The number of hydrogen-bond acceptors (Lipinski definition) is 4. The van der Waals surface area contributed by atoms with E-state index < -0.39 is 0 Å². The van der Waals surface area contributed by atoms with Gasteiger partial charge in [0.2, 0.25) is 0 Å². The minimum atomic E-state index is 0.759. The van der Waals surface area contributed by atoms with Crippen molar-refractivity contribution < 1.29 is 0 Å². The Hall–Kier alpha value is -1.94. The van der Waals surface area contributed by atoms with Gasteiger partial charge in [0.15, 0.2) is 5.16 Å². The van der Waals surface area contributed by atoms with Gasteiger partial charge in [-0.3, -0.25) is 4.98 Å². The van der Waals surface area contributed by atoms with Crippen molar-refractivity contribution in [3.8, 4) is 0 Å². The van der Waals surface area contributed by atoms with Crippen LogP contribution in [0.15, 0.2) is 65.0 Å². The summed E-state index contributed by atoms with van der Waals surface area (Å²) in [6, 6.07) is 11.9. The van der Waals surface area contributed by atoms with Gasteiger partial charge in [0.05, 0.1) is 5.52 Å². The van der Waals surface area contributed by atoms with Gasteiger partial charge in [-0.05, 0) is 30.0 Å². The summed E-state index contributed by atoms with van der Waals surface area (Å²) in [5.74, 6) is 0. The van der Waals surface area contributed by atoms with E-state index in [1.54, 1.807) is 24.2 Å². The lowest BCUT2D eigenvalue weighted by molar-refractivity contribution is 1.00. The SMILES string of the molecule is c1ccc2nc(Sc3ccncc3)ncc2c1. The molecule has 3 rings (SSSR count). The van der Waals surface area contributed by atoms with E-state index >= 15 is 0 Å². The number of benzene rings is 1. The van der Waals surface area contributed by atoms with Crippen molar-refractivity contribution in [2.45, 2.75) is 10.1 Å². The van der Waals surface area contributed by atoms with E-state index in [4.69, 9.17) is 0 Å². The van der Waals surface area contributed by atoms with E-state index in [0.29, 0.717) is 0 Å². The average Bonchev–Trinajstić information content (AvgIpc) is 2.40. The van der Waals surface area contributed by atoms with Crippen LogP contribution in [0.3, 0.4) is 0 Å². The summed E-state index contributed by atoms with van der Waals surface area (Å²) in [4.78, 5) is 13.9. The zero-order valence-corrected chi connectivity index (χ0v) is 9.76. The van der Waals surface area contributed by atoms with Crippen molar-refractivity contribution in [3.05, 3.63) is 55.0 Å². The van der Waals surface area contributed by atoms with Gasteiger partial charge in [-0.2, -0.15) is 0 Å². The van der Waals surface area contributed by atoms with E-state index in [2.05, 4.69) is 15.0 Å². The topological polar surface area (TPSA) is 38.7 Å². The molecule has 1 aromatic carbocycles. The Kier molecular flexibility index (Phi) is 2.71. The lowest BCUT2D eigenvalue weighted by Gasteiger charge is -2.01. The highest BCUT2D eigenvalue weighted by Gasteiger charge is 2.01. The third-order valence-corrected chi connectivity index (χ3v) is 3.21. The molecule has 0 unspecified atom stereocenters. The molecule has 0 aliphatic heterocycles.